The van der Waals surface area contributed by atoms with Gasteiger partial charge in [0.15, 0.2) is 0 Å². The molecule has 1 saturated heterocycles. The van der Waals surface area contributed by atoms with E-state index < -0.39 is 0 Å². The first kappa shape index (κ1) is 13.8. The molecule has 2 atom stereocenters. The van der Waals surface area contributed by atoms with Gasteiger partial charge >= 0.3 is 0 Å². The van der Waals surface area contributed by atoms with Crippen LogP contribution in [0, 0.1) is 0 Å². The molecule has 1 aliphatic rings. The van der Waals surface area contributed by atoms with Gasteiger partial charge in [-0.05, 0) is 25.6 Å². The van der Waals surface area contributed by atoms with E-state index in [0.717, 1.165) is 31.3 Å². The highest BCUT2D eigenvalue weighted by molar-refractivity contribution is 6.31. The Hall–Kier alpha value is -0.610. The van der Waals surface area contributed by atoms with Crippen molar-refractivity contribution in [3.63, 3.8) is 0 Å². The van der Waals surface area contributed by atoms with Gasteiger partial charge in [-0.1, -0.05) is 29.8 Å². The molecule has 0 saturated carbocycles. The van der Waals surface area contributed by atoms with Crippen LogP contribution >= 0.6 is 11.6 Å². The zero-order valence-electron chi connectivity index (χ0n) is 11.0. The van der Waals surface area contributed by atoms with Crippen molar-refractivity contribution in [1.82, 2.24) is 10.2 Å². The molecule has 1 fully saturated rings. The Labute approximate surface area is 114 Å². The van der Waals surface area contributed by atoms with E-state index in [1.165, 1.54) is 5.56 Å². The van der Waals surface area contributed by atoms with Crippen molar-refractivity contribution in [3.05, 3.63) is 34.9 Å². The number of rotatable bonds is 4. The summed E-state index contributed by atoms with van der Waals surface area (Å²) in [5.41, 5.74) is 1.20. The van der Waals surface area contributed by atoms with E-state index in [4.69, 9.17) is 16.3 Å². The highest BCUT2D eigenvalue weighted by Gasteiger charge is 2.25. The Bertz CT molecular complexity index is 384. The molecular formula is C14H21ClN2O. The second-order valence-corrected chi connectivity index (χ2v) is 5.15. The zero-order valence-corrected chi connectivity index (χ0v) is 11.8. The van der Waals surface area contributed by atoms with Crippen LogP contribution in [0.15, 0.2) is 24.3 Å². The fourth-order valence-electron chi connectivity index (χ4n) is 2.46. The summed E-state index contributed by atoms with van der Waals surface area (Å²) in [6.07, 6.45) is 0.272. The van der Waals surface area contributed by atoms with Gasteiger partial charge in [-0.15, -0.1) is 0 Å². The first-order valence-electron chi connectivity index (χ1n) is 6.47. The summed E-state index contributed by atoms with van der Waals surface area (Å²) in [7, 11) is 1.96. The van der Waals surface area contributed by atoms with Crippen LogP contribution in [0.25, 0.3) is 0 Å². The van der Waals surface area contributed by atoms with Crippen LogP contribution in [0.4, 0.5) is 0 Å². The van der Waals surface area contributed by atoms with Crippen molar-refractivity contribution < 1.29 is 4.74 Å². The molecule has 3 nitrogen and oxygen atoms in total. The third-order valence-corrected chi connectivity index (χ3v) is 3.85. The number of nitrogens with one attached hydrogen (secondary N) is 1. The van der Waals surface area contributed by atoms with E-state index in [1.807, 2.05) is 25.2 Å². The molecule has 0 bridgehead atoms. The zero-order chi connectivity index (χ0) is 13.0. The molecule has 2 unspecified atom stereocenters. The lowest BCUT2D eigenvalue weighted by atomic mass is 10.1. The maximum atomic E-state index is 6.27. The first-order valence-corrected chi connectivity index (χ1v) is 6.85. The summed E-state index contributed by atoms with van der Waals surface area (Å²) in [5.74, 6) is 0. The summed E-state index contributed by atoms with van der Waals surface area (Å²) >= 11 is 6.27. The van der Waals surface area contributed by atoms with Gasteiger partial charge in [0.05, 0.1) is 12.7 Å². The summed E-state index contributed by atoms with van der Waals surface area (Å²) in [4.78, 5) is 2.44. The predicted molar refractivity (Wildman–Crippen MR) is 75.1 cm³/mol. The second-order valence-electron chi connectivity index (χ2n) is 4.74. The molecule has 2 rings (SSSR count). The Kier molecular flexibility index (Phi) is 5.01. The molecule has 0 radical (unpaired) electrons. The van der Waals surface area contributed by atoms with Crippen LogP contribution in [0.5, 0.6) is 0 Å². The molecule has 1 aromatic carbocycles. The number of ether oxygens (including phenoxy) is 1. The van der Waals surface area contributed by atoms with Crippen molar-refractivity contribution in [2.75, 3.05) is 33.3 Å². The maximum Gasteiger partial charge on any atom is 0.0826 e. The Morgan fingerprint density at radius 2 is 2.28 bits per heavy atom. The Morgan fingerprint density at radius 1 is 1.50 bits per heavy atom. The molecule has 1 aromatic rings. The van der Waals surface area contributed by atoms with E-state index in [-0.39, 0.29) is 6.10 Å². The first-order chi connectivity index (χ1) is 8.72. The summed E-state index contributed by atoms with van der Waals surface area (Å²) < 4.78 is 5.73. The summed E-state index contributed by atoms with van der Waals surface area (Å²) in [6, 6.07) is 8.42. The predicted octanol–water partition coefficient (Wildman–Crippen LogP) is 2.32. The van der Waals surface area contributed by atoms with Crippen LogP contribution in [-0.4, -0.2) is 44.3 Å². The van der Waals surface area contributed by atoms with Crippen molar-refractivity contribution in [3.8, 4) is 0 Å². The van der Waals surface area contributed by atoms with Gasteiger partial charge in [-0.25, -0.2) is 0 Å². The van der Waals surface area contributed by atoms with Crippen LogP contribution < -0.4 is 5.32 Å². The van der Waals surface area contributed by atoms with Gasteiger partial charge in [0, 0.05) is 30.7 Å². The summed E-state index contributed by atoms with van der Waals surface area (Å²) in [5, 5.41) is 4.02. The SMILES string of the molecule is CNCC1CN(C(C)c2ccccc2Cl)CCO1. The fourth-order valence-corrected chi connectivity index (χ4v) is 2.75. The lowest BCUT2D eigenvalue weighted by Gasteiger charge is -2.37. The highest BCUT2D eigenvalue weighted by Crippen LogP contribution is 2.28. The average Bonchev–Trinajstić information content (AvgIpc) is 2.39. The van der Waals surface area contributed by atoms with E-state index in [0.29, 0.717) is 6.04 Å². The van der Waals surface area contributed by atoms with Crippen LogP contribution in [-0.2, 0) is 4.74 Å². The van der Waals surface area contributed by atoms with Crippen LogP contribution in [0.3, 0.4) is 0 Å². The number of halogens is 1. The molecular weight excluding hydrogens is 248 g/mol. The van der Waals surface area contributed by atoms with Gasteiger partial charge in [-0.2, -0.15) is 0 Å². The fraction of sp³-hybridized carbons (Fsp3) is 0.571. The lowest BCUT2D eigenvalue weighted by Crippen LogP contribution is -2.46. The van der Waals surface area contributed by atoms with Gasteiger partial charge in [0.1, 0.15) is 0 Å². The van der Waals surface area contributed by atoms with E-state index in [2.05, 4.69) is 23.2 Å². The molecule has 4 heteroatoms. The van der Waals surface area contributed by atoms with E-state index in [9.17, 15) is 0 Å². The van der Waals surface area contributed by atoms with E-state index >= 15 is 0 Å². The molecule has 1 N–H and O–H groups in total. The molecule has 0 aromatic heterocycles. The van der Waals surface area contributed by atoms with Crippen molar-refractivity contribution >= 4 is 11.6 Å². The van der Waals surface area contributed by atoms with Gasteiger partial charge in [0.2, 0.25) is 0 Å². The molecule has 100 valence electrons. The minimum atomic E-state index is 0.272. The maximum absolute atomic E-state index is 6.27. The molecule has 1 aliphatic heterocycles. The second kappa shape index (κ2) is 6.53. The lowest BCUT2D eigenvalue weighted by molar-refractivity contribution is -0.0393. The number of hydrogen-bond acceptors (Lipinski definition) is 3. The van der Waals surface area contributed by atoms with Gasteiger partial charge < -0.3 is 10.1 Å². The van der Waals surface area contributed by atoms with E-state index in [1.54, 1.807) is 0 Å². The van der Waals surface area contributed by atoms with Crippen molar-refractivity contribution in [2.45, 2.75) is 19.1 Å². The smallest absolute Gasteiger partial charge is 0.0826 e. The van der Waals surface area contributed by atoms with Crippen molar-refractivity contribution in [2.24, 2.45) is 0 Å². The quantitative estimate of drug-likeness (QED) is 0.907. The van der Waals surface area contributed by atoms with Gasteiger partial charge in [-0.3, -0.25) is 4.90 Å². The average molecular weight is 269 g/mol. The molecule has 0 aliphatic carbocycles. The largest absolute Gasteiger partial charge is 0.374 e. The standard InChI is InChI=1S/C14H21ClN2O/c1-11(13-5-3-4-6-14(13)15)17-7-8-18-12(10-17)9-16-2/h3-6,11-12,16H,7-10H2,1-2H3. The Balaban J connectivity index is 2.04. The number of morpholine rings is 1. The number of benzene rings is 1. The Morgan fingerprint density at radius 3 is 3.00 bits per heavy atom. The third kappa shape index (κ3) is 3.23. The number of likely N-dealkylation sites (N-methyl/N-ethyl adjacent to an activating group) is 1. The highest BCUT2D eigenvalue weighted by atomic mass is 35.5. The summed E-state index contributed by atoms with van der Waals surface area (Å²) in [6.45, 7) is 5.82. The molecule has 18 heavy (non-hydrogen) atoms. The minimum absolute atomic E-state index is 0.272. The number of hydrogen-bond donors (Lipinski definition) is 1. The van der Waals surface area contributed by atoms with Crippen LogP contribution in [0.2, 0.25) is 5.02 Å². The molecule has 1 heterocycles. The monoisotopic (exact) mass is 268 g/mol. The topological polar surface area (TPSA) is 24.5 Å². The number of nitrogens with zero attached hydrogens (tertiary/aromatic N) is 1. The van der Waals surface area contributed by atoms with Crippen molar-refractivity contribution in [1.29, 1.82) is 0 Å². The minimum Gasteiger partial charge on any atom is -0.374 e. The molecule has 0 amide bonds. The molecule has 0 spiro atoms. The van der Waals surface area contributed by atoms with Crippen LogP contribution in [0.1, 0.15) is 18.5 Å². The third-order valence-electron chi connectivity index (χ3n) is 3.51. The normalized spacial score (nSPS) is 22.9. The van der Waals surface area contributed by atoms with Gasteiger partial charge in [0.25, 0.3) is 0 Å².